The minimum atomic E-state index is -0.552. The molecule has 8 nitrogen and oxygen atoms in total. The van der Waals surface area contributed by atoms with Crippen LogP contribution in [0.15, 0.2) is 71.7 Å². The number of Topliss-reactive ketones (excluding diaryl/α,β-unsaturated/α-hetero) is 2. The molecule has 6 rings (SSSR count). The van der Waals surface area contributed by atoms with Gasteiger partial charge in [0.2, 0.25) is 0 Å². The number of methoxy groups -OCH3 is 1. The lowest BCUT2D eigenvalue weighted by molar-refractivity contribution is -0.120. The van der Waals surface area contributed by atoms with Crippen LogP contribution in [0.4, 0.5) is 0 Å². The molecule has 0 saturated heterocycles. The third kappa shape index (κ3) is 4.47. The Morgan fingerprint density at radius 3 is 2.18 bits per heavy atom. The Hall–Kier alpha value is -4.07. The van der Waals surface area contributed by atoms with E-state index in [9.17, 15) is 9.59 Å². The largest absolute Gasteiger partial charge is 0.496 e. The summed E-state index contributed by atoms with van der Waals surface area (Å²) in [6, 6.07) is 11.5. The number of nitrogens with zero attached hydrogens (tertiary/aromatic N) is 4. The van der Waals surface area contributed by atoms with Crippen molar-refractivity contribution in [1.82, 2.24) is 19.7 Å². The summed E-state index contributed by atoms with van der Waals surface area (Å²) in [6.45, 7) is 8.34. The number of rotatable bonds is 4. The molecule has 39 heavy (non-hydrogen) atoms. The fourth-order valence-corrected chi connectivity index (χ4v) is 6.14. The van der Waals surface area contributed by atoms with Gasteiger partial charge in [0.05, 0.1) is 18.7 Å². The van der Waals surface area contributed by atoms with Crippen LogP contribution in [-0.4, -0.2) is 38.4 Å². The van der Waals surface area contributed by atoms with Crippen LogP contribution in [0.1, 0.15) is 64.9 Å². The molecule has 8 heteroatoms. The standard InChI is InChI=1S/C31H32N4O4/c1-30(2)12-21(36)28-24(14-30)39-25-15-31(3,4)13-22(37)29(25)27(28)19-11-18(9-10-23(19)38-5)20-7-6-8-26(34-20)35-17-32-16-33-35/h6-11,16-17,27H,12-15H2,1-5H3. The average molecular weight is 525 g/mol. The summed E-state index contributed by atoms with van der Waals surface area (Å²) in [5, 5.41) is 4.19. The van der Waals surface area contributed by atoms with E-state index in [1.165, 1.54) is 6.33 Å². The monoisotopic (exact) mass is 524 g/mol. The van der Waals surface area contributed by atoms with Crippen LogP contribution in [-0.2, 0) is 14.3 Å². The van der Waals surface area contributed by atoms with Gasteiger partial charge in [-0.2, -0.15) is 5.10 Å². The Labute approximate surface area is 227 Å². The Morgan fingerprint density at radius 1 is 0.923 bits per heavy atom. The van der Waals surface area contributed by atoms with Crippen LogP contribution in [0.3, 0.4) is 0 Å². The number of carbonyl (C=O) groups excluding carboxylic acids is 2. The zero-order valence-electron chi connectivity index (χ0n) is 22.9. The fraction of sp³-hybridized carbons (Fsp3) is 0.387. The van der Waals surface area contributed by atoms with Gasteiger partial charge >= 0.3 is 0 Å². The van der Waals surface area contributed by atoms with Crippen molar-refractivity contribution >= 4 is 11.6 Å². The SMILES string of the molecule is COc1ccc(-c2cccc(-n3cncn3)n2)cc1C1C2=C(CC(C)(C)CC2=O)OC2=C1C(=O)CC(C)(C)C2. The lowest BCUT2D eigenvalue weighted by Crippen LogP contribution is -2.37. The first-order valence-corrected chi connectivity index (χ1v) is 13.3. The Morgan fingerprint density at radius 2 is 1.59 bits per heavy atom. The van der Waals surface area contributed by atoms with Gasteiger partial charge in [0.15, 0.2) is 17.4 Å². The molecule has 0 atom stereocenters. The molecule has 3 aliphatic rings. The molecule has 2 aliphatic carbocycles. The number of benzene rings is 1. The van der Waals surface area contributed by atoms with E-state index < -0.39 is 5.92 Å². The fourth-order valence-electron chi connectivity index (χ4n) is 6.14. The maximum Gasteiger partial charge on any atom is 0.163 e. The highest BCUT2D eigenvalue weighted by Gasteiger charge is 2.48. The topological polar surface area (TPSA) is 96.2 Å². The molecule has 200 valence electrons. The van der Waals surface area contributed by atoms with Crippen LogP contribution in [0.2, 0.25) is 0 Å². The van der Waals surface area contributed by atoms with E-state index >= 15 is 0 Å². The van der Waals surface area contributed by atoms with Crippen LogP contribution in [0.5, 0.6) is 5.75 Å². The minimum Gasteiger partial charge on any atom is -0.496 e. The van der Waals surface area contributed by atoms with E-state index in [0.29, 0.717) is 59.9 Å². The van der Waals surface area contributed by atoms with Crippen molar-refractivity contribution in [3.05, 3.63) is 77.3 Å². The van der Waals surface area contributed by atoms with E-state index in [1.54, 1.807) is 18.1 Å². The van der Waals surface area contributed by atoms with Gasteiger partial charge in [-0.1, -0.05) is 33.8 Å². The number of ether oxygens (including phenoxy) is 2. The van der Waals surface area contributed by atoms with Gasteiger partial charge in [0.25, 0.3) is 0 Å². The van der Waals surface area contributed by atoms with Crippen molar-refractivity contribution < 1.29 is 19.1 Å². The highest BCUT2D eigenvalue weighted by Crippen LogP contribution is 2.54. The summed E-state index contributed by atoms with van der Waals surface area (Å²) in [5.41, 5.74) is 3.08. The average Bonchev–Trinajstić information content (AvgIpc) is 3.41. The normalized spacial score (nSPS) is 20.4. The maximum atomic E-state index is 13.7. The van der Waals surface area contributed by atoms with Crippen molar-refractivity contribution in [3.63, 3.8) is 0 Å². The Bertz CT molecular complexity index is 1510. The van der Waals surface area contributed by atoms with Crippen molar-refractivity contribution in [3.8, 4) is 22.8 Å². The van der Waals surface area contributed by atoms with Crippen LogP contribution in [0.25, 0.3) is 17.1 Å². The number of pyridine rings is 1. The van der Waals surface area contributed by atoms with Gasteiger partial charge in [-0.15, -0.1) is 0 Å². The number of aromatic nitrogens is 4. The van der Waals surface area contributed by atoms with Crippen LogP contribution < -0.4 is 4.74 Å². The molecule has 0 fully saturated rings. The van der Waals surface area contributed by atoms with Gasteiger partial charge in [0.1, 0.15) is 29.9 Å². The first-order chi connectivity index (χ1) is 18.5. The summed E-state index contributed by atoms with van der Waals surface area (Å²) < 4.78 is 13.9. The first kappa shape index (κ1) is 25.2. The molecule has 1 aromatic carbocycles. The molecule has 0 saturated carbocycles. The molecular formula is C31H32N4O4. The molecule has 0 spiro atoms. The molecule has 0 amide bonds. The third-order valence-corrected chi connectivity index (χ3v) is 7.81. The predicted molar refractivity (Wildman–Crippen MR) is 145 cm³/mol. The van der Waals surface area contributed by atoms with E-state index in [0.717, 1.165) is 16.8 Å². The second kappa shape index (κ2) is 9.00. The number of carbonyl (C=O) groups is 2. The molecule has 0 radical (unpaired) electrons. The Balaban J connectivity index is 1.54. The number of hydrogen-bond donors (Lipinski definition) is 0. The molecule has 3 heterocycles. The van der Waals surface area contributed by atoms with Gasteiger partial charge in [-0.3, -0.25) is 9.59 Å². The second-order valence-electron chi connectivity index (χ2n) is 12.3. The Kier molecular flexibility index (Phi) is 5.82. The number of allylic oxidation sites excluding steroid dienone is 4. The zero-order valence-corrected chi connectivity index (χ0v) is 22.9. The summed E-state index contributed by atoms with van der Waals surface area (Å²) in [6.07, 6.45) is 5.14. The lowest BCUT2D eigenvalue weighted by Gasteiger charge is -2.43. The predicted octanol–water partition coefficient (Wildman–Crippen LogP) is 5.74. The van der Waals surface area contributed by atoms with Crippen LogP contribution in [0, 0.1) is 10.8 Å². The van der Waals surface area contributed by atoms with Crippen molar-refractivity contribution in [2.75, 3.05) is 7.11 Å². The smallest absolute Gasteiger partial charge is 0.163 e. The van der Waals surface area contributed by atoms with E-state index in [2.05, 4.69) is 37.8 Å². The lowest BCUT2D eigenvalue weighted by atomic mass is 9.65. The molecule has 0 unspecified atom stereocenters. The van der Waals surface area contributed by atoms with E-state index in [1.807, 2.05) is 36.4 Å². The second-order valence-corrected chi connectivity index (χ2v) is 12.3. The van der Waals surface area contributed by atoms with Gasteiger partial charge < -0.3 is 9.47 Å². The van der Waals surface area contributed by atoms with Crippen molar-refractivity contribution in [2.24, 2.45) is 10.8 Å². The van der Waals surface area contributed by atoms with Gasteiger partial charge in [0, 0.05) is 48.0 Å². The maximum absolute atomic E-state index is 13.7. The molecular weight excluding hydrogens is 492 g/mol. The van der Waals surface area contributed by atoms with Gasteiger partial charge in [-0.25, -0.2) is 14.6 Å². The molecule has 1 aliphatic heterocycles. The highest BCUT2D eigenvalue weighted by molar-refractivity contribution is 6.06. The molecule has 3 aromatic rings. The molecule has 0 bridgehead atoms. The van der Waals surface area contributed by atoms with Crippen molar-refractivity contribution in [1.29, 1.82) is 0 Å². The molecule has 2 aromatic heterocycles. The zero-order chi connectivity index (χ0) is 27.5. The quantitative estimate of drug-likeness (QED) is 0.429. The minimum absolute atomic E-state index is 0.0224. The van der Waals surface area contributed by atoms with E-state index in [-0.39, 0.29) is 22.4 Å². The first-order valence-electron chi connectivity index (χ1n) is 13.3. The summed E-state index contributed by atoms with van der Waals surface area (Å²) in [7, 11) is 1.61. The van der Waals surface area contributed by atoms with Crippen LogP contribution >= 0.6 is 0 Å². The van der Waals surface area contributed by atoms with Gasteiger partial charge in [-0.05, 0) is 41.2 Å². The molecule has 0 N–H and O–H groups in total. The summed E-state index contributed by atoms with van der Waals surface area (Å²) >= 11 is 0. The summed E-state index contributed by atoms with van der Waals surface area (Å²) in [5.74, 6) is 2.12. The third-order valence-electron chi connectivity index (χ3n) is 7.81. The number of hydrogen-bond acceptors (Lipinski definition) is 7. The van der Waals surface area contributed by atoms with E-state index in [4.69, 9.17) is 14.5 Å². The summed E-state index contributed by atoms with van der Waals surface area (Å²) in [4.78, 5) is 36.3. The van der Waals surface area contributed by atoms with Crippen molar-refractivity contribution in [2.45, 2.75) is 59.3 Å². The number of ketones is 2. The highest BCUT2D eigenvalue weighted by atomic mass is 16.5.